The fourth-order valence-corrected chi connectivity index (χ4v) is 2.45. The van der Waals surface area contributed by atoms with Crippen molar-refractivity contribution in [1.29, 1.82) is 0 Å². The van der Waals surface area contributed by atoms with E-state index in [4.69, 9.17) is 4.74 Å². The molecule has 5 heteroatoms. The molecular formula is C15H26N4O. The quantitative estimate of drug-likeness (QED) is 0.830. The van der Waals surface area contributed by atoms with Crippen LogP contribution in [0.1, 0.15) is 38.8 Å². The Hall–Kier alpha value is -1.36. The maximum atomic E-state index is 5.58. The normalized spacial score (nSPS) is 17.1. The van der Waals surface area contributed by atoms with Gasteiger partial charge in [0.15, 0.2) is 0 Å². The number of hydrogen-bond acceptors (Lipinski definition) is 5. The molecule has 1 aromatic heterocycles. The van der Waals surface area contributed by atoms with Crippen molar-refractivity contribution in [3.63, 3.8) is 0 Å². The van der Waals surface area contributed by atoms with Gasteiger partial charge in [-0.05, 0) is 46.2 Å². The Morgan fingerprint density at radius 3 is 2.80 bits per heavy atom. The summed E-state index contributed by atoms with van der Waals surface area (Å²) in [6.07, 6.45) is 3.62. The molecular weight excluding hydrogens is 252 g/mol. The Balaban J connectivity index is 1.89. The van der Waals surface area contributed by atoms with Crippen molar-refractivity contribution in [3.8, 4) is 5.88 Å². The van der Waals surface area contributed by atoms with Crippen LogP contribution in [0.15, 0.2) is 6.07 Å². The summed E-state index contributed by atoms with van der Waals surface area (Å²) < 4.78 is 5.58. The fraction of sp³-hybridized carbons (Fsp3) is 0.733. The zero-order valence-electron chi connectivity index (χ0n) is 12.9. The number of nitrogens with one attached hydrogen (secondary N) is 1. The van der Waals surface area contributed by atoms with E-state index in [2.05, 4.69) is 34.0 Å². The van der Waals surface area contributed by atoms with Crippen molar-refractivity contribution in [2.45, 2.75) is 46.1 Å². The number of aryl methyl sites for hydroxylation is 1. The summed E-state index contributed by atoms with van der Waals surface area (Å²) in [7, 11) is 0. The number of likely N-dealkylation sites (tertiary alicyclic amines) is 1. The van der Waals surface area contributed by atoms with E-state index in [0.717, 1.165) is 18.7 Å². The molecule has 0 radical (unpaired) electrons. The van der Waals surface area contributed by atoms with Gasteiger partial charge in [0.05, 0.1) is 6.61 Å². The highest BCUT2D eigenvalue weighted by Gasteiger charge is 2.17. The second-order valence-electron chi connectivity index (χ2n) is 5.49. The van der Waals surface area contributed by atoms with Crippen molar-refractivity contribution in [1.82, 2.24) is 14.9 Å². The van der Waals surface area contributed by atoms with E-state index < -0.39 is 0 Å². The Morgan fingerprint density at radius 2 is 2.10 bits per heavy atom. The fourth-order valence-electron chi connectivity index (χ4n) is 2.45. The summed E-state index contributed by atoms with van der Waals surface area (Å²) in [6.45, 7) is 10.3. The molecule has 2 heterocycles. The van der Waals surface area contributed by atoms with Crippen molar-refractivity contribution >= 4 is 5.95 Å². The number of anilines is 1. The largest absolute Gasteiger partial charge is 0.478 e. The van der Waals surface area contributed by atoms with Crippen LogP contribution in [0.25, 0.3) is 0 Å². The van der Waals surface area contributed by atoms with Crippen LogP contribution in [0, 0.1) is 6.92 Å². The van der Waals surface area contributed by atoms with Gasteiger partial charge in [-0.25, -0.2) is 4.98 Å². The van der Waals surface area contributed by atoms with Gasteiger partial charge in [-0.2, -0.15) is 4.98 Å². The third-order valence-electron chi connectivity index (χ3n) is 3.60. The van der Waals surface area contributed by atoms with Gasteiger partial charge in [0, 0.05) is 24.3 Å². The molecule has 0 saturated carbocycles. The van der Waals surface area contributed by atoms with Gasteiger partial charge in [0.25, 0.3) is 0 Å². The third kappa shape index (κ3) is 4.34. The number of rotatable bonds is 7. The Morgan fingerprint density at radius 1 is 1.35 bits per heavy atom. The summed E-state index contributed by atoms with van der Waals surface area (Å²) >= 11 is 0. The molecule has 1 atom stereocenters. The lowest BCUT2D eigenvalue weighted by atomic mass is 10.3. The zero-order chi connectivity index (χ0) is 14.4. The van der Waals surface area contributed by atoms with Crippen LogP contribution >= 0.6 is 0 Å². The number of ether oxygens (including phenoxy) is 1. The lowest BCUT2D eigenvalue weighted by Gasteiger charge is -2.23. The summed E-state index contributed by atoms with van der Waals surface area (Å²) in [5, 5.41) is 3.34. The van der Waals surface area contributed by atoms with E-state index in [9.17, 15) is 0 Å². The van der Waals surface area contributed by atoms with Crippen LogP contribution in [-0.4, -0.2) is 47.2 Å². The van der Waals surface area contributed by atoms with E-state index in [1.54, 1.807) is 0 Å². The van der Waals surface area contributed by atoms with Gasteiger partial charge in [0.2, 0.25) is 11.8 Å². The first-order chi connectivity index (χ1) is 9.69. The van der Waals surface area contributed by atoms with E-state index in [-0.39, 0.29) is 0 Å². The maximum absolute atomic E-state index is 5.58. The predicted octanol–water partition coefficient (Wildman–Crippen LogP) is 2.47. The minimum absolute atomic E-state index is 0.515. The third-order valence-corrected chi connectivity index (χ3v) is 3.60. The van der Waals surface area contributed by atoms with E-state index in [1.807, 2.05) is 13.0 Å². The van der Waals surface area contributed by atoms with E-state index >= 15 is 0 Å². The molecule has 5 nitrogen and oxygen atoms in total. The summed E-state index contributed by atoms with van der Waals surface area (Å²) in [5.74, 6) is 1.33. The second-order valence-corrected chi connectivity index (χ2v) is 5.49. The predicted molar refractivity (Wildman–Crippen MR) is 81.3 cm³/mol. The molecule has 1 fully saturated rings. The van der Waals surface area contributed by atoms with Gasteiger partial charge in [-0.15, -0.1) is 0 Å². The molecule has 0 amide bonds. The molecule has 1 aliphatic heterocycles. The van der Waals surface area contributed by atoms with Crippen molar-refractivity contribution in [2.24, 2.45) is 0 Å². The number of aromatic nitrogens is 2. The minimum Gasteiger partial charge on any atom is -0.478 e. The van der Waals surface area contributed by atoms with Crippen LogP contribution in [0.4, 0.5) is 5.95 Å². The molecule has 1 aromatic rings. The molecule has 1 unspecified atom stereocenters. The molecule has 20 heavy (non-hydrogen) atoms. The highest BCUT2D eigenvalue weighted by molar-refractivity contribution is 5.30. The smallest absolute Gasteiger partial charge is 0.226 e. The topological polar surface area (TPSA) is 50.3 Å². The van der Waals surface area contributed by atoms with Crippen molar-refractivity contribution < 1.29 is 4.74 Å². The highest BCUT2D eigenvalue weighted by Crippen LogP contribution is 2.14. The van der Waals surface area contributed by atoms with Gasteiger partial charge in [-0.3, -0.25) is 4.90 Å². The first-order valence-electron chi connectivity index (χ1n) is 7.65. The second kappa shape index (κ2) is 7.43. The van der Waals surface area contributed by atoms with Crippen LogP contribution in [0.3, 0.4) is 0 Å². The maximum Gasteiger partial charge on any atom is 0.226 e. The number of hydrogen-bond donors (Lipinski definition) is 1. The first-order valence-corrected chi connectivity index (χ1v) is 7.65. The van der Waals surface area contributed by atoms with E-state index in [1.165, 1.54) is 25.9 Å². The molecule has 112 valence electrons. The van der Waals surface area contributed by atoms with Crippen molar-refractivity contribution in [2.75, 3.05) is 31.6 Å². The Bertz CT molecular complexity index is 418. The lowest BCUT2D eigenvalue weighted by molar-refractivity contribution is 0.268. The molecule has 0 aromatic carbocycles. The molecule has 2 rings (SSSR count). The summed E-state index contributed by atoms with van der Waals surface area (Å²) in [4.78, 5) is 11.3. The van der Waals surface area contributed by atoms with Crippen LogP contribution < -0.4 is 10.1 Å². The molecule has 0 spiro atoms. The minimum atomic E-state index is 0.515. The molecule has 0 aliphatic carbocycles. The van der Waals surface area contributed by atoms with Crippen molar-refractivity contribution in [3.05, 3.63) is 11.8 Å². The molecule has 0 bridgehead atoms. The SMILES string of the molecule is CCCOc1cc(C)nc(NCC(C)N2CCCC2)n1. The standard InChI is InChI=1S/C15H26N4O/c1-4-9-20-14-10-12(2)17-15(18-14)16-11-13(3)19-7-5-6-8-19/h10,13H,4-9,11H2,1-3H3,(H,16,17,18). The number of nitrogens with zero attached hydrogens (tertiary/aromatic N) is 3. The average Bonchev–Trinajstić information content (AvgIpc) is 2.96. The summed E-state index contributed by atoms with van der Waals surface area (Å²) in [5.41, 5.74) is 0.933. The molecule has 1 saturated heterocycles. The van der Waals surface area contributed by atoms with E-state index in [0.29, 0.717) is 24.5 Å². The Labute approximate surface area is 121 Å². The van der Waals surface area contributed by atoms with Gasteiger partial charge in [0.1, 0.15) is 0 Å². The summed E-state index contributed by atoms with van der Waals surface area (Å²) in [6, 6.07) is 2.40. The molecule has 1 aliphatic rings. The first kappa shape index (κ1) is 15.0. The Kier molecular flexibility index (Phi) is 5.59. The average molecular weight is 278 g/mol. The zero-order valence-corrected chi connectivity index (χ0v) is 12.9. The van der Waals surface area contributed by atoms with Gasteiger partial charge >= 0.3 is 0 Å². The molecule has 1 N–H and O–H groups in total. The van der Waals surface area contributed by atoms with Crippen LogP contribution in [-0.2, 0) is 0 Å². The van der Waals surface area contributed by atoms with Gasteiger partial charge in [-0.1, -0.05) is 6.92 Å². The van der Waals surface area contributed by atoms with Crippen LogP contribution in [0.5, 0.6) is 5.88 Å². The monoisotopic (exact) mass is 278 g/mol. The van der Waals surface area contributed by atoms with Crippen LogP contribution in [0.2, 0.25) is 0 Å². The lowest BCUT2D eigenvalue weighted by Crippen LogP contribution is -2.35. The highest BCUT2D eigenvalue weighted by atomic mass is 16.5. The van der Waals surface area contributed by atoms with Gasteiger partial charge < -0.3 is 10.1 Å².